The highest BCUT2D eigenvalue weighted by molar-refractivity contribution is 8.10. The molecule has 0 radical (unpaired) electrons. The van der Waals surface area contributed by atoms with E-state index >= 15 is 0 Å². The van der Waals surface area contributed by atoms with Crippen LogP contribution < -0.4 is 20.7 Å². The van der Waals surface area contributed by atoms with Crippen molar-refractivity contribution in [3.8, 4) is 11.5 Å². The average molecular weight is 743 g/mol. The van der Waals surface area contributed by atoms with E-state index in [1.165, 1.54) is 45.0 Å². The molecule has 1 N–H and O–H groups in total. The van der Waals surface area contributed by atoms with Crippen molar-refractivity contribution in [2.75, 3.05) is 20.8 Å². The Morgan fingerprint density at radius 3 is 1.94 bits per heavy atom. The highest BCUT2D eigenvalue weighted by Gasteiger charge is 2.45. The molecule has 0 bridgehead atoms. The Balaban J connectivity index is 1.33. The van der Waals surface area contributed by atoms with Crippen molar-refractivity contribution in [1.29, 1.82) is 0 Å². The van der Waals surface area contributed by atoms with Gasteiger partial charge >= 0.3 is 5.69 Å². The summed E-state index contributed by atoms with van der Waals surface area (Å²) in [6.07, 6.45) is 4.89. The summed E-state index contributed by atoms with van der Waals surface area (Å²) in [5.74, 6) is 1.37. The van der Waals surface area contributed by atoms with Crippen LogP contribution in [-0.4, -0.2) is 71.7 Å². The van der Waals surface area contributed by atoms with Gasteiger partial charge in [-0.1, -0.05) is 54.6 Å². The number of aryl methyl sites for hydroxylation is 1. The maximum absolute atomic E-state index is 13.1. The number of rotatable bonds is 13. The van der Waals surface area contributed by atoms with Crippen LogP contribution in [0.5, 0.6) is 11.5 Å². The Bertz CT molecular complexity index is 2180. The van der Waals surface area contributed by atoms with Gasteiger partial charge in [0.05, 0.1) is 26.9 Å². The van der Waals surface area contributed by atoms with Crippen LogP contribution in [0, 0.1) is 6.92 Å². The quantitative estimate of drug-likeness (QED) is 0.134. The molecular formula is C35H35N8O7PS. The molecule has 1 fully saturated rings. The van der Waals surface area contributed by atoms with Gasteiger partial charge in [-0.2, -0.15) is 19.1 Å². The average Bonchev–Trinajstić information content (AvgIpc) is 3.99. The minimum Gasteiger partial charge on any atom is -0.497 e. The highest BCUT2D eigenvalue weighted by Crippen LogP contribution is 2.52. The maximum Gasteiger partial charge on any atom is 0.330 e. The molecule has 1 saturated heterocycles. The lowest BCUT2D eigenvalue weighted by Crippen LogP contribution is -2.39. The Kier molecular flexibility index (Phi) is 9.99. The predicted molar refractivity (Wildman–Crippen MR) is 193 cm³/mol. The number of aromatic amines is 1. The van der Waals surface area contributed by atoms with Gasteiger partial charge < -0.3 is 23.5 Å². The van der Waals surface area contributed by atoms with Crippen molar-refractivity contribution in [2.24, 2.45) is 0 Å². The number of H-pyrrole nitrogens is 1. The molecule has 1 aliphatic heterocycles. The largest absolute Gasteiger partial charge is 0.497 e. The van der Waals surface area contributed by atoms with Gasteiger partial charge in [0.2, 0.25) is 0 Å². The maximum atomic E-state index is 13.1. The molecule has 17 heteroatoms. The Hall–Kier alpha value is -5.25. The number of ether oxygens (including phenoxy) is 4. The second-order valence-electron chi connectivity index (χ2n) is 11.9. The number of nitrogens with one attached hydrogen (secondary N) is 1. The fourth-order valence-electron chi connectivity index (χ4n) is 6.25. The van der Waals surface area contributed by atoms with Crippen LogP contribution in [0.4, 0.5) is 0 Å². The minimum atomic E-state index is -3.31. The summed E-state index contributed by atoms with van der Waals surface area (Å²) in [6.45, 7) is -1.72. The number of benzene rings is 3. The van der Waals surface area contributed by atoms with Gasteiger partial charge in [-0.25, -0.2) is 14.8 Å². The van der Waals surface area contributed by atoms with Gasteiger partial charge in [0.15, 0.2) is 0 Å². The lowest BCUT2D eigenvalue weighted by molar-refractivity contribution is -0.0912. The van der Waals surface area contributed by atoms with E-state index in [4.69, 9.17) is 35.3 Å². The van der Waals surface area contributed by atoms with Gasteiger partial charge in [0.1, 0.15) is 54.7 Å². The van der Waals surface area contributed by atoms with Crippen molar-refractivity contribution < 1.29 is 23.5 Å². The zero-order valence-electron chi connectivity index (χ0n) is 28.4. The molecule has 15 nitrogen and oxygen atoms in total. The van der Waals surface area contributed by atoms with E-state index in [0.29, 0.717) is 17.1 Å². The van der Waals surface area contributed by atoms with Gasteiger partial charge in [-0.15, -0.1) is 0 Å². The number of hydrogen-bond acceptors (Lipinski definition) is 12. The van der Waals surface area contributed by atoms with E-state index in [1.807, 2.05) is 78.9 Å². The predicted octanol–water partition coefficient (Wildman–Crippen LogP) is 4.05. The van der Waals surface area contributed by atoms with Crippen LogP contribution in [-0.2, 0) is 31.4 Å². The lowest BCUT2D eigenvalue weighted by Gasteiger charge is -2.37. The monoisotopic (exact) mass is 742 g/mol. The first kappa shape index (κ1) is 35.2. The van der Waals surface area contributed by atoms with Gasteiger partial charge in [-0.3, -0.25) is 14.3 Å². The van der Waals surface area contributed by atoms with Crippen molar-refractivity contribution in [2.45, 2.75) is 37.4 Å². The van der Waals surface area contributed by atoms with Crippen LogP contribution in [0.2, 0.25) is 0 Å². The van der Waals surface area contributed by atoms with E-state index in [2.05, 4.69) is 25.1 Å². The molecule has 0 spiro atoms. The molecule has 1 aliphatic rings. The normalized spacial score (nSPS) is 17.6. The number of nitrogens with zero attached hydrogens (tertiary/aromatic N) is 7. The molecular weight excluding hydrogens is 707 g/mol. The SMILES string of the molecule is COc1ccc(C(OC[C@H]2O[C@@H](n3cc(C)c(=O)[nH]c3=O)C[C@@H]2OP(=S)(n2cncn2)n2cncn2)(c2ccccc2)c2ccc(OC)cc2)cc1. The van der Waals surface area contributed by atoms with Crippen LogP contribution >= 0.6 is 6.57 Å². The summed E-state index contributed by atoms with van der Waals surface area (Å²) in [5.41, 5.74) is 0.557. The zero-order chi connectivity index (χ0) is 36.3. The summed E-state index contributed by atoms with van der Waals surface area (Å²) >= 11 is 6.16. The summed E-state index contributed by atoms with van der Waals surface area (Å²) in [7, 11) is 3.23. The van der Waals surface area contributed by atoms with Crippen molar-refractivity contribution in [3.05, 3.63) is 153 Å². The van der Waals surface area contributed by atoms with Gasteiger partial charge in [0, 0.05) is 18.2 Å². The molecule has 3 aromatic carbocycles. The second kappa shape index (κ2) is 14.8. The molecule has 268 valence electrons. The number of methoxy groups -OCH3 is 2. The van der Waals surface area contributed by atoms with Gasteiger partial charge in [-0.05, 0) is 59.7 Å². The van der Waals surface area contributed by atoms with E-state index in [1.54, 1.807) is 21.1 Å². The molecule has 52 heavy (non-hydrogen) atoms. The third-order valence-corrected chi connectivity index (χ3v) is 12.1. The van der Waals surface area contributed by atoms with E-state index < -0.39 is 41.9 Å². The van der Waals surface area contributed by atoms with E-state index in [-0.39, 0.29) is 13.0 Å². The molecule has 0 aliphatic carbocycles. The van der Waals surface area contributed by atoms with Crippen molar-refractivity contribution in [3.63, 3.8) is 0 Å². The smallest absolute Gasteiger partial charge is 0.330 e. The fourth-order valence-corrected chi connectivity index (χ4v) is 8.77. The zero-order valence-corrected chi connectivity index (χ0v) is 30.1. The van der Waals surface area contributed by atoms with Crippen LogP contribution in [0.3, 0.4) is 0 Å². The first-order valence-corrected chi connectivity index (χ1v) is 18.8. The molecule has 7 rings (SSSR count). The minimum absolute atomic E-state index is 0.0325. The first-order chi connectivity index (χ1) is 25.2. The van der Waals surface area contributed by atoms with Crippen molar-refractivity contribution in [1.82, 2.24) is 38.6 Å². The lowest BCUT2D eigenvalue weighted by atomic mass is 9.80. The highest BCUT2D eigenvalue weighted by atomic mass is 32.5. The molecule has 3 atom stereocenters. The summed E-state index contributed by atoms with van der Waals surface area (Å²) in [6, 6.07) is 25.2. The number of hydrogen-bond donors (Lipinski definition) is 1. The molecule has 0 amide bonds. The standard InChI is InChI=1S/C35H35N8O7PS/c1-24-18-41(34(45)40-33(24)44)32-17-30(50-51(52,42-22-36-20-38-42)43-23-37-21-39-43)31(49-32)19-48-35(25-7-5-4-6-8-25,26-9-13-28(46-2)14-10-26)27-11-15-29(47-3)16-12-27/h4-16,18,20-23,30-32H,17,19H2,1-3H3,(H,40,44,45)/t30-,31+,32+/m0/s1. The summed E-state index contributed by atoms with van der Waals surface area (Å²) < 4.78 is 35.8. The fraction of sp³-hybridized carbons (Fsp3) is 0.257. The third kappa shape index (κ3) is 6.62. The third-order valence-electron chi connectivity index (χ3n) is 8.88. The van der Waals surface area contributed by atoms with E-state index in [0.717, 1.165) is 16.7 Å². The van der Waals surface area contributed by atoms with Crippen LogP contribution in [0.25, 0.3) is 0 Å². The van der Waals surface area contributed by atoms with Crippen LogP contribution in [0.1, 0.15) is 34.9 Å². The Morgan fingerprint density at radius 2 is 1.42 bits per heavy atom. The molecule has 4 heterocycles. The molecule has 3 aromatic heterocycles. The van der Waals surface area contributed by atoms with Gasteiger partial charge in [0.25, 0.3) is 12.1 Å². The molecule has 0 unspecified atom stereocenters. The summed E-state index contributed by atoms with van der Waals surface area (Å²) in [5, 5.41) is 8.61. The summed E-state index contributed by atoms with van der Waals surface area (Å²) in [4.78, 5) is 35.9. The van der Waals surface area contributed by atoms with E-state index in [9.17, 15) is 9.59 Å². The topological polar surface area (TPSA) is 162 Å². The molecule has 0 saturated carbocycles. The van der Waals surface area contributed by atoms with Crippen LogP contribution in [0.15, 0.2) is 120 Å². The molecule has 6 aromatic rings. The Morgan fingerprint density at radius 1 is 0.865 bits per heavy atom. The number of aromatic nitrogens is 8. The second-order valence-corrected chi connectivity index (χ2v) is 15.4. The van der Waals surface area contributed by atoms with Crippen molar-refractivity contribution >= 4 is 18.4 Å². The first-order valence-electron chi connectivity index (χ1n) is 16.2. The Labute approximate surface area is 303 Å².